The third-order valence-electron chi connectivity index (χ3n) is 4.63. The van der Waals surface area contributed by atoms with Gasteiger partial charge in [-0.2, -0.15) is 0 Å². The second-order valence-corrected chi connectivity index (χ2v) is 7.40. The van der Waals surface area contributed by atoms with Crippen LogP contribution < -0.4 is 10.1 Å². The molecule has 1 aliphatic heterocycles. The number of hydrogen-bond donors (Lipinski definition) is 1. The summed E-state index contributed by atoms with van der Waals surface area (Å²) in [5, 5.41) is 3.80. The summed E-state index contributed by atoms with van der Waals surface area (Å²) in [6.45, 7) is 2.78. The lowest BCUT2D eigenvalue weighted by Gasteiger charge is -2.24. The number of amides is 2. The molecule has 8 heteroatoms. The van der Waals surface area contributed by atoms with Crippen molar-refractivity contribution in [3.63, 3.8) is 0 Å². The molecule has 0 bridgehead atoms. The number of carbonyl (C=O) groups is 2. The van der Waals surface area contributed by atoms with Crippen LogP contribution in [0.1, 0.15) is 18.9 Å². The van der Waals surface area contributed by atoms with E-state index < -0.39 is 6.04 Å². The molecule has 3 rings (SSSR count). The molecular weight excluding hydrogens is 410 g/mol. The fraction of sp³-hybridized carbons (Fsp3) is 0.286. The third kappa shape index (κ3) is 4.86. The monoisotopic (exact) mass is 431 g/mol. The highest BCUT2D eigenvalue weighted by Gasteiger charge is 2.41. The smallest absolute Gasteiger partial charge is 0.251 e. The van der Waals surface area contributed by atoms with E-state index in [1.165, 1.54) is 4.90 Å². The number of thiocarbonyl (C=S) groups is 1. The molecule has 0 spiro atoms. The van der Waals surface area contributed by atoms with Gasteiger partial charge in [0.05, 0.1) is 13.0 Å². The van der Waals surface area contributed by atoms with Crippen molar-refractivity contribution in [1.29, 1.82) is 0 Å². The van der Waals surface area contributed by atoms with Crippen molar-refractivity contribution in [2.75, 3.05) is 19.0 Å². The van der Waals surface area contributed by atoms with Crippen LogP contribution in [0.25, 0.3) is 0 Å². The molecule has 1 fully saturated rings. The first-order valence-corrected chi connectivity index (χ1v) is 10.0. The minimum atomic E-state index is -0.682. The highest BCUT2D eigenvalue weighted by atomic mass is 35.5. The number of likely N-dealkylation sites (N-methyl/N-ethyl adjacent to an activating group) is 1. The summed E-state index contributed by atoms with van der Waals surface area (Å²) in [5.74, 6) is 0.183. The third-order valence-corrected chi connectivity index (χ3v) is 5.51. The molecule has 29 heavy (non-hydrogen) atoms. The van der Waals surface area contributed by atoms with Crippen LogP contribution in [0.5, 0.6) is 5.75 Å². The van der Waals surface area contributed by atoms with Crippen LogP contribution in [-0.2, 0) is 16.1 Å². The van der Waals surface area contributed by atoms with Crippen LogP contribution in [0.4, 0.5) is 5.69 Å². The zero-order valence-electron chi connectivity index (χ0n) is 16.2. The summed E-state index contributed by atoms with van der Waals surface area (Å²) in [7, 11) is 1.62. The number of benzene rings is 2. The predicted octanol–water partition coefficient (Wildman–Crippen LogP) is 3.70. The van der Waals surface area contributed by atoms with Crippen molar-refractivity contribution in [1.82, 2.24) is 9.80 Å². The predicted molar refractivity (Wildman–Crippen MR) is 117 cm³/mol. The maximum absolute atomic E-state index is 12.7. The molecule has 1 saturated heterocycles. The molecule has 152 valence electrons. The molecule has 1 atom stereocenters. The maximum Gasteiger partial charge on any atom is 0.251 e. The first kappa shape index (κ1) is 21.1. The van der Waals surface area contributed by atoms with Crippen LogP contribution >= 0.6 is 23.8 Å². The van der Waals surface area contributed by atoms with E-state index in [1.807, 2.05) is 31.2 Å². The fourth-order valence-corrected chi connectivity index (χ4v) is 3.66. The van der Waals surface area contributed by atoms with E-state index in [0.717, 1.165) is 5.56 Å². The van der Waals surface area contributed by atoms with E-state index in [-0.39, 0.29) is 18.2 Å². The molecule has 6 nitrogen and oxygen atoms in total. The number of anilines is 1. The molecule has 2 aromatic carbocycles. The maximum atomic E-state index is 12.7. The number of ether oxygens (including phenoxy) is 1. The van der Waals surface area contributed by atoms with E-state index in [9.17, 15) is 9.59 Å². The molecule has 0 radical (unpaired) electrons. The van der Waals surface area contributed by atoms with Gasteiger partial charge in [-0.25, -0.2) is 0 Å². The number of hydrogen-bond acceptors (Lipinski definition) is 4. The molecule has 2 amide bonds. The number of halogens is 1. The Bertz CT molecular complexity index is 937. The topological polar surface area (TPSA) is 61.9 Å². The van der Waals surface area contributed by atoms with E-state index in [1.54, 1.807) is 36.2 Å². The van der Waals surface area contributed by atoms with Gasteiger partial charge in [0.1, 0.15) is 11.8 Å². The van der Waals surface area contributed by atoms with Gasteiger partial charge in [-0.05, 0) is 42.9 Å². The largest absolute Gasteiger partial charge is 0.494 e. The van der Waals surface area contributed by atoms with Crippen molar-refractivity contribution >= 4 is 46.4 Å². The first-order chi connectivity index (χ1) is 13.9. The van der Waals surface area contributed by atoms with Crippen molar-refractivity contribution in [3.05, 3.63) is 59.1 Å². The Morgan fingerprint density at radius 1 is 1.24 bits per heavy atom. The molecule has 0 aliphatic carbocycles. The summed E-state index contributed by atoms with van der Waals surface area (Å²) in [5.41, 5.74) is 1.45. The van der Waals surface area contributed by atoms with Gasteiger partial charge in [0.2, 0.25) is 5.91 Å². The molecular formula is C21H22ClN3O3S. The van der Waals surface area contributed by atoms with Gasteiger partial charge in [0.15, 0.2) is 5.11 Å². The Hall–Kier alpha value is -2.64. The Morgan fingerprint density at radius 3 is 2.72 bits per heavy atom. The molecule has 1 heterocycles. The minimum absolute atomic E-state index is 0.0212. The number of nitrogens with zero attached hydrogens (tertiary/aromatic N) is 2. The molecule has 1 N–H and O–H groups in total. The highest BCUT2D eigenvalue weighted by molar-refractivity contribution is 7.80. The van der Waals surface area contributed by atoms with Crippen molar-refractivity contribution in [3.8, 4) is 5.75 Å². The van der Waals surface area contributed by atoms with E-state index in [4.69, 9.17) is 28.6 Å². The lowest BCUT2D eigenvalue weighted by atomic mass is 10.1. The fourth-order valence-electron chi connectivity index (χ4n) is 3.18. The van der Waals surface area contributed by atoms with E-state index in [0.29, 0.717) is 34.7 Å². The van der Waals surface area contributed by atoms with Crippen LogP contribution in [0.3, 0.4) is 0 Å². The van der Waals surface area contributed by atoms with Gasteiger partial charge in [0, 0.05) is 30.4 Å². The van der Waals surface area contributed by atoms with Gasteiger partial charge >= 0.3 is 0 Å². The number of nitrogens with one attached hydrogen (secondary N) is 1. The Kier molecular flexibility index (Phi) is 6.71. The van der Waals surface area contributed by atoms with Crippen LogP contribution in [0.15, 0.2) is 48.5 Å². The average molecular weight is 432 g/mol. The molecule has 0 unspecified atom stereocenters. The van der Waals surface area contributed by atoms with E-state index >= 15 is 0 Å². The van der Waals surface area contributed by atoms with Gasteiger partial charge in [-0.3, -0.25) is 14.5 Å². The second kappa shape index (κ2) is 9.24. The zero-order valence-corrected chi connectivity index (χ0v) is 17.8. The highest BCUT2D eigenvalue weighted by Crippen LogP contribution is 2.26. The van der Waals surface area contributed by atoms with Gasteiger partial charge in [0.25, 0.3) is 5.91 Å². The second-order valence-electron chi connectivity index (χ2n) is 6.63. The molecule has 2 aromatic rings. The Morgan fingerprint density at radius 2 is 2.00 bits per heavy atom. The number of rotatable bonds is 7. The van der Waals surface area contributed by atoms with Crippen LogP contribution in [0, 0.1) is 0 Å². The first-order valence-electron chi connectivity index (χ1n) is 9.25. The SMILES string of the molecule is CCOc1cccc(NC(=O)C[C@@H]2C(=O)N(C)C(=S)N2Cc2ccccc2Cl)c1. The molecule has 1 aliphatic rings. The van der Waals surface area contributed by atoms with Crippen LogP contribution in [-0.4, -0.2) is 46.4 Å². The van der Waals surface area contributed by atoms with E-state index in [2.05, 4.69) is 5.32 Å². The lowest BCUT2D eigenvalue weighted by Crippen LogP contribution is -2.37. The zero-order chi connectivity index (χ0) is 21.0. The molecule has 0 saturated carbocycles. The summed E-state index contributed by atoms with van der Waals surface area (Å²) in [6, 6.07) is 13.8. The lowest BCUT2D eigenvalue weighted by molar-refractivity contribution is -0.130. The summed E-state index contributed by atoms with van der Waals surface area (Å²) < 4.78 is 5.45. The normalized spacial score (nSPS) is 16.3. The standard InChI is InChI=1S/C21H22ClN3O3S/c1-3-28-16-9-6-8-15(11-16)23-19(26)12-18-20(27)24(2)21(29)25(18)13-14-7-4-5-10-17(14)22/h4-11,18H,3,12-13H2,1-2H3,(H,23,26)/t18-/m1/s1. The number of carbonyl (C=O) groups excluding carboxylic acids is 2. The van der Waals surface area contributed by atoms with Crippen molar-refractivity contribution in [2.45, 2.75) is 25.9 Å². The van der Waals surface area contributed by atoms with Gasteiger partial charge in [-0.1, -0.05) is 35.9 Å². The van der Waals surface area contributed by atoms with Crippen molar-refractivity contribution in [2.24, 2.45) is 0 Å². The van der Waals surface area contributed by atoms with Crippen molar-refractivity contribution < 1.29 is 14.3 Å². The van der Waals surface area contributed by atoms with Gasteiger partial charge in [-0.15, -0.1) is 0 Å². The summed E-state index contributed by atoms with van der Waals surface area (Å²) in [4.78, 5) is 28.5. The Balaban J connectivity index is 1.73. The minimum Gasteiger partial charge on any atom is -0.494 e. The average Bonchev–Trinajstić information content (AvgIpc) is 2.88. The quantitative estimate of drug-likeness (QED) is 0.677. The van der Waals surface area contributed by atoms with Crippen LogP contribution in [0.2, 0.25) is 5.02 Å². The Labute approximate surface area is 180 Å². The summed E-state index contributed by atoms with van der Waals surface area (Å²) in [6.07, 6.45) is -0.0212. The molecule has 0 aromatic heterocycles. The summed E-state index contributed by atoms with van der Waals surface area (Å²) >= 11 is 11.7. The van der Waals surface area contributed by atoms with Gasteiger partial charge < -0.3 is 15.0 Å².